The number of hydrogen-bond donors (Lipinski definition) is 1. The summed E-state index contributed by atoms with van der Waals surface area (Å²) in [6.45, 7) is 8.31. The SMILES string of the molecule is CC1(C)CNCCN1Cc1nnsc1Cl. The van der Waals surface area contributed by atoms with E-state index in [1.807, 2.05) is 0 Å². The second kappa shape index (κ2) is 4.33. The summed E-state index contributed by atoms with van der Waals surface area (Å²) in [6.07, 6.45) is 0. The highest BCUT2D eigenvalue weighted by Crippen LogP contribution is 2.23. The van der Waals surface area contributed by atoms with E-state index in [1.165, 1.54) is 11.5 Å². The monoisotopic (exact) mass is 246 g/mol. The molecule has 1 aliphatic heterocycles. The number of piperazine rings is 1. The Labute approximate surface area is 98.8 Å². The smallest absolute Gasteiger partial charge is 0.138 e. The fourth-order valence-electron chi connectivity index (χ4n) is 1.79. The second-order valence-electron chi connectivity index (χ2n) is 4.40. The largest absolute Gasteiger partial charge is 0.314 e. The predicted molar refractivity (Wildman–Crippen MR) is 62.3 cm³/mol. The quantitative estimate of drug-likeness (QED) is 0.856. The molecule has 0 spiro atoms. The average Bonchev–Trinajstić information content (AvgIpc) is 2.56. The maximum atomic E-state index is 6.00. The Morgan fingerprint density at radius 1 is 1.60 bits per heavy atom. The van der Waals surface area contributed by atoms with Crippen LogP contribution in [0.15, 0.2) is 0 Å². The van der Waals surface area contributed by atoms with Gasteiger partial charge in [0.2, 0.25) is 0 Å². The van der Waals surface area contributed by atoms with E-state index in [4.69, 9.17) is 11.6 Å². The van der Waals surface area contributed by atoms with Gasteiger partial charge in [-0.1, -0.05) is 16.1 Å². The van der Waals surface area contributed by atoms with Gasteiger partial charge in [-0.3, -0.25) is 4.90 Å². The summed E-state index contributed by atoms with van der Waals surface area (Å²) in [5, 5.41) is 7.44. The lowest BCUT2D eigenvalue weighted by molar-refractivity contribution is 0.0814. The minimum atomic E-state index is 0.158. The Bertz CT molecular complexity index is 339. The van der Waals surface area contributed by atoms with E-state index in [9.17, 15) is 0 Å². The van der Waals surface area contributed by atoms with Gasteiger partial charge in [-0.2, -0.15) is 0 Å². The van der Waals surface area contributed by atoms with Crippen LogP contribution in [-0.4, -0.2) is 39.7 Å². The van der Waals surface area contributed by atoms with Crippen LogP contribution in [0.3, 0.4) is 0 Å². The van der Waals surface area contributed by atoms with Crippen molar-refractivity contribution in [1.29, 1.82) is 0 Å². The normalized spacial score (nSPS) is 21.8. The molecular formula is C9H15ClN4S. The molecule has 0 unspecified atom stereocenters. The molecule has 6 heteroatoms. The maximum Gasteiger partial charge on any atom is 0.138 e. The van der Waals surface area contributed by atoms with E-state index in [2.05, 4.69) is 33.7 Å². The van der Waals surface area contributed by atoms with E-state index < -0.39 is 0 Å². The molecule has 84 valence electrons. The van der Waals surface area contributed by atoms with Crippen molar-refractivity contribution in [3.8, 4) is 0 Å². The average molecular weight is 247 g/mol. The van der Waals surface area contributed by atoms with E-state index >= 15 is 0 Å². The van der Waals surface area contributed by atoms with Crippen LogP contribution in [0, 0.1) is 0 Å². The number of nitrogens with zero attached hydrogens (tertiary/aromatic N) is 3. The first-order chi connectivity index (χ1) is 7.09. The van der Waals surface area contributed by atoms with Crippen molar-refractivity contribution in [3.63, 3.8) is 0 Å². The fraction of sp³-hybridized carbons (Fsp3) is 0.778. The predicted octanol–water partition coefficient (Wildman–Crippen LogP) is 1.38. The summed E-state index contributed by atoms with van der Waals surface area (Å²) in [5.41, 5.74) is 1.06. The summed E-state index contributed by atoms with van der Waals surface area (Å²) in [4.78, 5) is 2.39. The minimum Gasteiger partial charge on any atom is -0.314 e. The van der Waals surface area contributed by atoms with Crippen LogP contribution in [0.25, 0.3) is 0 Å². The summed E-state index contributed by atoms with van der Waals surface area (Å²) in [6, 6.07) is 0. The van der Waals surface area contributed by atoms with Crippen molar-refractivity contribution in [3.05, 3.63) is 10.0 Å². The molecule has 0 radical (unpaired) electrons. The third-order valence-corrected chi connectivity index (χ3v) is 3.81. The van der Waals surface area contributed by atoms with Crippen LogP contribution in [0.5, 0.6) is 0 Å². The van der Waals surface area contributed by atoms with Crippen LogP contribution in [0.2, 0.25) is 4.34 Å². The molecule has 0 amide bonds. The number of rotatable bonds is 2. The number of hydrogen-bond acceptors (Lipinski definition) is 5. The number of halogens is 1. The summed E-state index contributed by atoms with van der Waals surface area (Å²) >= 11 is 7.26. The molecule has 1 saturated heterocycles. The molecule has 0 atom stereocenters. The lowest BCUT2D eigenvalue weighted by atomic mass is 10.00. The molecule has 2 rings (SSSR count). The van der Waals surface area contributed by atoms with Crippen molar-refractivity contribution in [2.45, 2.75) is 25.9 Å². The first-order valence-electron chi connectivity index (χ1n) is 5.02. The molecule has 2 heterocycles. The summed E-state index contributed by atoms with van der Waals surface area (Å²) in [7, 11) is 0. The zero-order chi connectivity index (χ0) is 10.9. The van der Waals surface area contributed by atoms with Gasteiger partial charge in [0.15, 0.2) is 0 Å². The summed E-state index contributed by atoms with van der Waals surface area (Å²) in [5.74, 6) is 0. The molecule has 0 aliphatic carbocycles. The molecule has 1 aliphatic rings. The topological polar surface area (TPSA) is 41.0 Å². The van der Waals surface area contributed by atoms with Crippen LogP contribution < -0.4 is 5.32 Å². The standard InChI is InChI=1S/C9H15ClN4S/c1-9(2)6-11-3-4-14(9)5-7-8(10)15-13-12-7/h11H,3-6H2,1-2H3. The highest BCUT2D eigenvalue weighted by Gasteiger charge is 2.30. The van der Waals surface area contributed by atoms with Gasteiger partial charge in [-0.05, 0) is 13.8 Å². The molecular weight excluding hydrogens is 232 g/mol. The van der Waals surface area contributed by atoms with E-state index in [0.717, 1.165) is 31.9 Å². The van der Waals surface area contributed by atoms with Gasteiger partial charge >= 0.3 is 0 Å². The summed E-state index contributed by atoms with van der Waals surface area (Å²) < 4.78 is 4.56. The molecule has 0 bridgehead atoms. The number of aromatic nitrogens is 2. The molecule has 0 aromatic carbocycles. The van der Waals surface area contributed by atoms with E-state index in [1.54, 1.807) is 0 Å². The van der Waals surface area contributed by atoms with Crippen molar-refractivity contribution in [2.24, 2.45) is 0 Å². The Kier molecular flexibility index (Phi) is 3.25. The zero-order valence-corrected chi connectivity index (χ0v) is 10.5. The highest BCUT2D eigenvalue weighted by atomic mass is 35.5. The Morgan fingerprint density at radius 3 is 3.00 bits per heavy atom. The lowest BCUT2D eigenvalue weighted by Crippen LogP contribution is -2.57. The minimum absolute atomic E-state index is 0.158. The molecule has 4 nitrogen and oxygen atoms in total. The molecule has 1 fully saturated rings. The first-order valence-corrected chi connectivity index (χ1v) is 6.17. The van der Waals surface area contributed by atoms with Crippen molar-refractivity contribution >= 4 is 23.1 Å². The van der Waals surface area contributed by atoms with Crippen molar-refractivity contribution in [2.75, 3.05) is 19.6 Å². The van der Waals surface area contributed by atoms with Crippen LogP contribution in [0.1, 0.15) is 19.5 Å². The number of nitrogens with one attached hydrogen (secondary N) is 1. The lowest BCUT2D eigenvalue weighted by Gasteiger charge is -2.42. The molecule has 1 N–H and O–H groups in total. The maximum absolute atomic E-state index is 6.00. The zero-order valence-electron chi connectivity index (χ0n) is 8.96. The Hall–Kier alpha value is -0.230. The van der Waals surface area contributed by atoms with Crippen LogP contribution >= 0.6 is 23.1 Å². The van der Waals surface area contributed by atoms with Crippen LogP contribution in [-0.2, 0) is 6.54 Å². The van der Waals surface area contributed by atoms with Gasteiger partial charge in [0.25, 0.3) is 0 Å². The Morgan fingerprint density at radius 2 is 2.40 bits per heavy atom. The molecule has 1 aromatic rings. The van der Waals surface area contributed by atoms with Gasteiger partial charge in [0, 0.05) is 43.3 Å². The van der Waals surface area contributed by atoms with Gasteiger partial charge in [0.1, 0.15) is 10.0 Å². The fourth-order valence-corrected chi connectivity index (χ4v) is 2.40. The van der Waals surface area contributed by atoms with Gasteiger partial charge < -0.3 is 5.32 Å². The third kappa shape index (κ3) is 2.47. The van der Waals surface area contributed by atoms with E-state index in [-0.39, 0.29) is 5.54 Å². The van der Waals surface area contributed by atoms with E-state index in [0.29, 0.717) is 4.34 Å². The molecule has 15 heavy (non-hydrogen) atoms. The first kappa shape index (κ1) is 11.3. The van der Waals surface area contributed by atoms with Gasteiger partial charge in [0.05, 0.1) is 0 Å². The molecule has 0 saturated carbocycles. The molecule has 1 aromatic heterocycles. The van der Waals surface area contributed by atoms with Crippen molar-refractivity contribution < 1.29 is 0 Å². The second-order valence-corrected chi connectivity index (χ2v) is 5.76. The highest BCUT2D eigenvalue weighted by molar-refractivity contribution is 7.10. The van der Waals surface area contributed by atoms with Gasteiger partial charge in [-0.15, -0.1) is 5.10 Å². The van der Waals surface area contributed by atoms with Gasteiger partial charge in [-0.25, -0.2) is 0 Å². The Balaban J connectivity index is 2.07. The van der Waals surface area contributed by atoms with Crippen LogP contribution in [0.4, 0.5) is 0 Å². The third-order valence-electron chi connectivity index (χ3n) is 2.82. The van der Waals surface area contributed by atoms with Crippen molar-refractivity contribution in [1.82, 2.24) is 19.8 Å².